The number of unbranched alkanes of at least 4 members (excludes halogenated alkanes) is 6. The molecule has 4 aromatic carbocycles. The molecule has 0 saturated heterocycles. The normalized spacial score (nSPS) is 16.6. The minimum Gasteiger partial charge on any atom is -0.356 e. The molecule has 0 radical (unpaired) electrons. The number of carbonyl (C=O) groups is 1. The van der Waals surface area contributed by atoms with Crippen molar-refractivity contribution in [3.63, 3.8) is 0 Å². The standard InChI is InChI=1S/C52H66N4O4S/c1-51(2)46(55(44-33-31-40-24-15-17-26-42(40)49(44)51)37-21-11-14-30-48(57)54-36-20-10-9-19-35-53-5)28-12-7-6-8-13-29-47-52(3,4)50-43-27-18-16-25-41(43)32-34-45(50)56(47)38-22-23-39-61(58,59)60/h6-8,12-13,15-18,24-29,31-34,53H,9-11,14,19-23,30,35-39H2,1-5H3,(H-,54,57,58,59,60)/p+1. The molecule has 0 bridgehead atoms. The number of hydrogen-bond acceptors (Lipinski definition) is 5. The van der Waals surface area contributed by atoms with E-state index in [4.69, 9.17) is 0 Å². The van der Waals surface area contributed by atoms with Crippen molar-refractivity contribution in [2.24, 2.45) is 0 Å². The van der Waals surface area contributed by atoms with Gasteiger partial charge < -0.3 is 15.5 Å². The number of amides is 1. The summed E-state index contributed by atoms with van der Waals surface area (Å²) in [5.74, 6) is -0.0698. The quantitative estimate of drug-likeness (QED) is 0.0315. The van der Waals surface area contributed by atoms with Crippen LogP contribution < -0.4 is 15.5 Å². The summed E-state index contributed by atoms with van der Waals surface area (Å²) >= 11 is 0. The predicted molar refractivity (Wildman–Crippen MR) is 256 cm³/mol. The zero-order valence-electron chi connectivity index (χ0n) is 37.1. The molecule has 0 unspecified atom stereocenters. The Hall–Kier alpha value is -4.83. The fourth-order valence-electron chi connectivity index (χ4n) is 9.42. The molecule has 2 aliphatic heterocycles. The Morgan fingerprint density at radius 3 is 2.07 bits per heavy atom. The predicted octanol–water partition coefficient (Wildman–Crippen LogP) is 10.8. The lowest BCUT2D eigenvalue weighted by molar-refractivity contribution is -0.438. The molecule has 6 rings (SSSR count). The average Bonchev–Trinajstić information content (AvgIpc) is 3.59. The molecule has 1 amide bonds. The van der Waals surface area contributed by atoms with Gasteiger partial charge in [-0.05, 0) is 105 Å². The van der Waals surface area contributed by atoms with Crippen molar-refractivity contribution in [1.82, 2.24) is 10.6 Å². The van der Waals surface area contributed by atoms with E-state index in [1.165, 1.54) is 56.9 Å². The van der Waals surface area contributed by atoms with E-state index in [9.17, 15) is 17.8 Å². The fraction of sp³-hybridized carbons (Fsp3) is 0.423. The lowest BCUT2D eigenvalue weighted by atomic mass is 9.79. The molecule has 0 fully saturated rings. The van der Waals surface area contributed by atoms with Gasteiger partial charge in [0.05, 0.1) is 11.2 Å². The van der Waals surface area contributed by atoms with E-state index in [0.29, 0.717) is 25.8 Å². The molecule has 0 spiro atoms. The van der Waals surface area contributed by atoms with Gasteiger partial charge in [-0.2, -0.15) is 13.0 Å². The van der Waals surface area contributed by atoms with Gasteiger partial charge in [0, 0.05) is 60.4 Å². The minimum absolute atomic E-state index is 0.165. The van der Waals surface area contributed by atoms with E-state index >= 15 is 0 Å². The summed E-state index contributed by atoms with van der Waals surface area (Å²) in [5.41, 5.74) is 6.99. The van der Waals surface area contributed by atoms with Crippen LogP contribution in [0.1, 0.15) is 103 Å². The van der Waals surface area contributed by atoms with E-state index in [1.54, 1.807) is 0 Å². The van der Waals surface area contributed by atoms with Crippen molar-refractivity contribution in [1.29, 1.82) is 0 Å². The Morgan fingerprint density at radius 2 is 1.34 bits per heavy atom. The Labute approximate surface area is 365 Å². The molecule has 2 aliphatic rings. The van der Waals surface area contributed by atoms with E-state index in [1.807, 2.05) is 7.05 Å². The summed E-state index contributed by atoms with van der Waals surface area (Å²) in [6, 6.07) is 26.0. The van der Waals surface area contributed by atoms with Gasteiger partial charge in [-0.15, -0.1) is 0 Å². The first-order valence-corrected chi connectivity index (χ1v) is 24.0. The summed E-state index contributed by atoms with van der Waals surface area (Å²) in [7, 11) is -2.01. The molecule has 0 atom stereocenters. The first-order valence-electron chi connectivity index (χ1n) is 22.4. The number of carbonyl (C=O) groups excluding carboxylic acids is 1. The summed E-state index contributed by atoms with van der Waals surface area (Å²) in [4.78, 5) is 15.0. The number of rotatable bonds is 22. The second-order valence-electron chi connectivity index (χ2n) is 17.7. The van der Waals surface area contributed by atoms with Gasteiger partial charge in [-0.3, -0.25) is 9.35 Å². The number of fused-ring (bicyclic) bond motifs is 6. The van der Waals surface area contributed by atoms with Crippen molar-refractivity contribution in [2.45, 2.75) is 103 Å². The van der Waals surface area contributed by atoms with Crippen molar-refractivity contribution >= 4 is 54.7 Å². The largest absolute Gasteiger partial charge is 0.356 e. The first kappa shape index (κ1) is 45.7. The van der Waals surface area contributed by atoms with Gasteiger partial charge in [0.1, 0.15) is 6.54 Å². The third-order valence-corrected chi connectivity index (χ3v) is 13.3. The average molecular weight is 844 g/mol. The lowest BCUT2D eigenvalue weighted by Crippen LogP contribution is -2.28. The molecule has 0 saturated carbocycles. The van der Waals surface area contributed by atoms with Crippen LogP contribution in [-0.2, 0) is 25.7 Å². The van der Waals surface area contributed by atoms with Crippen molar-refractivity contribution in [3.05, 3.63) is 132 Å². The highest BCUT2D eigenvalue weighted by molar-refractivity contribution is 7.85. The van der Waals surface area contributed by atoms with Gasteiger partial charge in [0.25, 0.3) is 10.1 Å². The molecule has 2 heterocycles. The van der Waals surface area contributed by atoms with Crippen LogP contribution >= 0.6 is 0 Å². The van der Waals surface area contributed by atoms with Gasteiger partial charge in [-0.25, -0.2) is 0 Å². The van der Waals surface area contributed by atoms with Crippen molar-refractivity contribution < 1.29 is 22.3 Å². The van der Waals surface area contributed by atoms with Gasteiger partial charge in [0.15, 0.2) is 5.71 Å². The smallest absolute Gasteiger partial charge is 0.264 e. The Kier molecular flexibility index (Phi) is 15.6. The van der Waals surface area contributed by atoms with Crippen LogP contribution in [0.25, 0.3) is 21.5 Å². The number of benzene rings is 4. The maximum Gasteiger partial charge on any atom is 0.264 e. The van der Waals surface area contributed by atoms with Crippen LogP contribution in [0.2, 0.25) is 0 Å². The number of hydrogen-bond donors (Lipinski definition) is 3. The SMILES string of the molecule is CNCCCCCCNC(=O)CCCCCN1\C(=C/C=C/C=C/C=C/C2=[N+](CCCCS(=O)(=O)O)c3ccc4ccccc4c3C2(C)C)C(C)(C)c2c1ccc1ccccc21. The molecular weight excluding hydrogens is 777 g/mol. The highest BCUT2D eigenvalue weighted by atomic mass is 32.2. The summed E-state index contributed by atoms with van der Waals surface area (Å²) in [5, 5.41) is 11.3. The van der Waals surface area contributed by atoms with Crippen LogP contribution in [0.3, 0.4) is 0 Å². The monoisotopic (exact) mass is 843 g/mol. The van der Waals surface area contributed by atoms with E-state index in [2.05, 4.69) is 163 Å². The third-order valence-electron chi connectivity index (χ3n) is 12.5. The maximum absolute atomic E-state index is 12.5. The highest BCUT2D eigenvalue weighted by Crippen LogP contribution is 2.51. The topological polar surface area (TPSA) is 102 Å². The van der Waals surface area contributed by atoms with Crippen molar-refractivity contribution in [3.8, 4) is 0 Å². The van der Waals surface area contributed by atoms with Crippen LogP contribution in [0, 0.1) is 0 Å². The molecule has 0 aliphatic carbocycles. The van der Waals surface area contributed by atoms with E-state index in [0.717, 1.165) is 63.1 Å². The molecule has 9 heteroatoms. The van der Waals surface area contributed by atoms with Crippen LogP contribution in [-0.4, -0.2) is 68.1 Å². The van der Waals surface area contributed by atoms with Crippen LogP contribution in [0.4, 0.5) is 11.4 Å². The number of allylic oxidation sites excluding steroid dienone is 8. The second kappa shape index (κ2) is 20.8. The first-order chi connectivity index (χ1) is 29.3. The highest BCUT2D eigenvalue weighted by Gasteiger charge is 2.45. The Balaban J connectivity index is 1.14. The Bertz CT molecular complexity index is 2440. The summed E-state index contributed by atoms with van der Waals surface area (Å²) in [6.07, 6.45) is 24.0. The molecule has 324 valence electrons. The molecule has 3 N–H and O–H groups in total. The van der Waals surface area contributed by atoms with Crippen LogP contribution in [0.15, 0.2) is 121 Å². The van der Waals surface area contributed by atoms with Gasteiger partial charge in [0.2, 0.25) is 11.6 Å². The maximum atomic E-state index is 12.5. The zero-order chi connectivity index (χ0) is 43.5. The van der Waals surface area contributed by atoms with Crippen LogP contribution in [0.5, 0.6) is 0 Å². The Morgan fingerprint density at radius 1 is 0.705 bits per heavy atom. The number of anilines is 1. The molecule has 8 nitrogen and oxygen atoms in total. The van der Waals surface area contributed by atoms with E-state index < -0.39 is 10.1 Å². The molecule has 61 heavy (non-hydrogen) atoms. The second-order valence-corrected chi connectivity index (χ2v) is 19.2. The van der Waals surface area contributed by atoms with E-state index in [-0.39, 0.29) is 22.5 Å². The fourth-order valence-corrected chi connectivity index (χ4v) is 9.99. The third kappa shape index (κ3) is 11.2. The number of nitrogens with zero attached hydrogens (tertiary/aromatic N) is 2. The summed E-state index contributed by atoms with van der Waals surface area (Å²) < 4.78 is 34.5. The zero-order valence-corrected chi connectivity index (χ0v) is 37.9. The lowest BCUT2D eigenvalue weighted by Gasteiger charge is -2.27. The van der Waals surface area contributed by atoms with Gasteiger partial charge >= 0.3 is 0 Å². The molecule has 4 aromatic rings. The van der Waals surface area contributed by atoms with Gasteiger partial charge in [-0.1, -0.05) is 118 Å². The molecule has 0 aromatic heterocycles. The summed E-state index contributed by atoms with van der Waals surface area (Å²) in [6.45, 7) is 12.5. The number of nitrogens with one attached hydrogen (secondary N) is 2. The molecular formula is C52H67N4O4S+. The minimum atomic E-state index is -4.00. The van der Waals surface area contributed by atoms with Crippen molar-refractivity contribution in [2.75, 3.05) is 43.9 Å².